The van der Waals surface area contributed by atoms with Crippen molar-refractivity contribution in [2.45, 2.75) is 32.2 Å². The van der Waals surface area contributed by atoms with Crippen molar-refractivity contribution < 1.29 is 14.3 Å². The van der Waals surface area contributed by atoms with Gasteiger partial charge in [-0.3, -0.25) is 10.3 Å². The average molecular weight is 472 g/mol. The Balaban J connectivity index is 1.41. The third-order valence-corrected chi connectivity index (χ3v) is 5.65. The smallest absolute Gasteiger partial charge is 0.320 e. The second kappa shape index (κ2) is 11.3. The summed E-state index contributed by atoms with van der Waals surface area (Å²) in [6, 6.07) is 19.1. The third kappa shape index (κ3) is 6.03. The van der Waals surface area contributed by atoms with E-state index in [1.54, 1.807) is 32.5 Å². The van der Waals surface area contributed by atoms with Crippen LogP contribution in [0.5, 0.6) is 11.5 Å². The molecule has 180 valence electrons. The lowest BCUT2D eigenvalue weighted by Gasteiger charge is -2.14. The van der Waals surface area contributed by atoms with E-state index >= 15 is 0 Å². The van der Waals surface area contributed by atoms with Crippen LogP contribution in [0.4, 0.5) is 10.6 Å². The first-order chi connectivity index (χ1) is 17.1. The summed E-state index contributed by atoms with van der Waals surface area (Å²) in [6.45, 7) is 2.00. The molecule has 0 aliphatic heterocycles. The van der Waals surface area contributed by atoms with E-state index in [-0.39, 0.29) is 12.1 Å². The Morgan fingerprint density at radius 3 is 2.57 bits per heavy atom. The van der Waals surface area contributed by atoms with Crippen molar-refractivity contribution in [1.29, 1.82) is 0 Å². The fourth-order valence-corrected chi connectivity index (χ4v) is 3.89. The van der Waals surface area contributed by atoms with Gasteiger partial charge < -0.3 is 14.8 Å². The highest BCUT2D eigenvalue weighted by molar-refractivity contribution is 5.89. The maximum Gasteiger partial charge on any atom is 0.320 e. The van der Waals surface area contributed by atoms with Crippen molar-refractivity contribution in [2.24, 2.45) is 0 Å². The molecule has 35 heavy (non-hydrogen) atoms. The minimum Gasteiger partial charge on any atom is -0.493 e. The zero-order chi connectivity index (χ0) is 24.6. The number of urea groups is 1. The lowest BCUT2D eigenvalue weighted by Crippen LogP contribution is -2.36. The van der Waals surface area contributed by atoms with Crippen molar-refractivity contribution in [3.05, 3.63) is 72.4 Å². The summed E-state index contributed by atoms with van der Waals surface area (Å²) in [5.41, 5.74) is 3.67. The van der Waals surface area contributed by atoms with Gasteiger partial charge >= 0.3 is 6.03 Å². The van der Waals surface area contributed by atoms with E-state index in [1.807, 2.05) is 43.3 Å². The van der Waals surface area contributed by atoms with Crippen molar-refractivity contribution in [1.82, 2.24) is 20.3 Å². The van der Waals surface area contributed by atoms with Gasteiger partial charge in [0.05, 0.1) is 26.1 Å². The Morgan fingerprint density at radius 1 is 0.971 bits per heavy atom. The Labute approximate surface area is 204 Å². The molecule has 8 nitrogen and oxygen atoms in total. The molecule has 4 aromatic rings. The number of aryl methyl sites for hydroxylation is 1. The van der Waals surface area contributed by atoms with E-state index < -0.39 is 0 Å². The molecule has 0 fully saturated rings. The SMILES string of the molecule is COc1cccc(-c2cnc3ccc(NC(=O)NC(C)CCCc4ccccc4)nc3n2)c1OC. The van der Waals surface area contributed by atoms with Gasteiger partial charge in [0, 0.05) is 11.6 Å². The van der Waals surface area contributed by atoms with Crippen LogP contribution < -0.4 is 20.1 Å². The van der Waals surface area contributed by atoms with Crippen LogP contribution >= 0.6 is 0 Å². The van der Waals surface area contributed by atoms with Crippen molar-refractivity contribution >= 4 is 23.0 Å². The number of aromatic nitrogens is 3. The second-order valence-electron chi connectivity index (χ2n) is 8.21. The second-order valence-corrected chi connectivity index (χ2v) is 8.21. The number of pyridine rings is 1. The topological polar surface area (TPSA) is 98.3 Å². The molecule has 2 amide bonds. The average Bonchev–Trinajstić information content (AvgIpc) is 2.88. The molecule has 0 radical (unpaired) electrons. The highest BCUT2D eigenvalue weighted by Gasteiger charge is 2.14. The largest absolute Gasteiger partial charge is 0.493 e. The summed E-state index contributed by atoms with van der Waals surface area (Å²) >= 11 is 0. The molecule has 0 aliphatic rings. The van der Waals surface area contributed by atoms with Crippen molar-refractivity contribution in [2.75, 3.05) is 19.5 Å². The number of anilines is 1. The molecule has 0 bridgehead atoms. The maximum atomic E-state index is 12.5. The first kappa shape index (κ1) is 23.9. The molecule has 2 heterocycles. The molecule has 0 saturated carbocycles. The first-order valence-electron chi connectivity index (χ1n) is 11.5. The molecule has 0 aliphatic carbocycles. The van der Waals surface area contributed by atoms with Crippen molar-refractivity contribution in [3.8, 4) is 22.8 Å². The quantitative estimate of drug-likeness (QED) is 0.346. The first-order valence-corrected chi connectivity index (χ1v) is 11.5. The van der Waals surface area contributed by atoms with Gasteiger partial charge in [-0.1, -0.05) is 36.4 Å². The van der Waals surface area contributed by atoms with Gasteiger partial charge in [-0.05, 0) is 56.0 Å². The highest BCUT2D eigenvalue weighted by atomic mass is 16.5. The third-order valence-electron chi connectivity index (χ3n) is 5.65. The van der Waals surface area contributed by atoms with Crippen LogP contribution in [-0.4, -0.2) is 41.2 Å². The van der Waals surface area contributed by atoms with Crippen LogP contribution in [0, 0.1) is 0 Å². The lowest BCUT2D eigenvalue weighted by molar-refractivity contribution is 0.248. The number of benzene rings is 2. The molecule has 1 atom stereocenters. The Hall–Kier alpha value is -4.20. The summed E-state index contributed by atoms with van der Waals surface area (Å²) in [7, 11) is 3.17. The van der Waals surface area contributed by atoms with E-state index in [2.05, 4.69) is 37.7 Å². The summed E-state index contributed by atoms with van der Waals surface area (Å²) in [5.74, 6) is 1.57. The number of amides is 2. The molecular formula is C27H29N5O3. The van der Waals surface area contributed by atoms with Gasteiger partial charge in [0.15, 0.2) is 17.1 Å². The molecule has 2 N–H and O–H groups in total. The van der Waals surface area contributed by atoms with Gasteiger partial charge in [0.2, 0.25) is 0 Å². The van der Waals surface area contributed by atoms with E-state index in [4.69, 9.17) is 9.47 Å². The zero-order valence-electron chi connectivity index (χ0n) is 20.1. The van der Waals surface area contributed by atoms with E-state index in [9.17, 15) is 4.79 Å². The number of fused-ring (bicyclic) bond motifs is 1. The fraction of sp³-hybridized carbons (Fsp3) is 0.259. The highest BCUT2D eigenvalue weighted by Crippen LogP contribution is 2.37. The number of ether oxygens (including phenoxy) is 2. The number of carbonyl (C=O) groups excluding carboxylic acids is 1. The maximum absolute atomic E-state index is 12.5. The molecule has 8 heteroatoms. The van der Waals surface area contributed by atoms with Crippen molar-refractivity contribution in [3.63, 3.8) is 0 Å². The molecule has 2 aromatic carbocycles. The number of nitrogens with one attached hydrogen (secondary N) is 2. The van der Waals surface area contributed by atoms with Crippen LogP contribution in [0.15, 0.2) is 66.9 Å². The molecule has 1 unspecified atom stereocenters. The number of rotatable bonds is 9. The number of hydrogen-bond acceptors (Lipinski definition) is 6. The van der Waals surface area contributed by atoms with E-state index in [0.717, 1.165) is 24.8 Å². The molecular weight excluding hydrogens is 442 g/mol. The molecule has 0 spiro atoms. The lowest BCUT2D eigenvalue weighted by atomic mass is 10.1. The minimum atomic E-state index is -0.303. The standard InChI is InChI=1S/C27H29N5O3/c1-18(9-7-12-19-10-5-4-6-11-19)29-27(33)32-24-16-15-21-26(31-24)30-22(17-28-21)20-13-8-14-23(34-2)25(20)35-3/h4-6,8,10-11,13-18H,7,9,12H2,1-3H3,(H2,29,30,31,32,33). The van der Waals surface area contributed by atoms with Crippen LogP contribution in [0.3, 0.4) is 0 Å². The predicted molar refractivity (Wildman–Crippen MR) is 137 cm³/mol. The van der Waals surface area contributed by atoms with Crippen LogP contribution in [0.2, 0.25) is 0 Å². The normalized spacial score (nSPS) is 11.6. The van der Waals surface area contributed by atoms with E-state index in [0.29, 0.717) is 34.2 Å². The summed E-state index contributed by atoms with van der Waals surface area (Å²) in [4.78, 5) is 26.1. The Bertz CT molecular complexity index is 1300. The summed E-state index contributed by atoms with van der Waals surface area (Å²) in [5, 5.41) is 5.77. The Kier molecular flexibility index (Phi) is 7.72. The minimum absolute atomic E-state index is 0.0334. The van der Waals surface area contributed by atoms with E-state index in [1.165, 1.54) is 5.56 Å². The molecule has 4 rings (SSSR count). The van der Waals surface area contributed by atoms with Gasteiger partial charge in [-0.25, -0.2) is 14.8 Å². The monoisotopic (exact) mass is 471 g/mol. The van der Waals surface area contributed by atoms with Gasteiger partial charge in [0.1, 0.15) is 11.3 Å². The Morgan fingerprint density at radius 2 is 1.80 bits per heavy atom. The predicted octanol–water partition coefficient (Wildman–Crippen LogP) is 5.24. The molecule has 2 aromatic heterocycles. The zero-order valence-corrected chi connectivity index (χ0v) is 20.1. The van der Waals surface area contributed by atoms with Gasteiger partial charge in [-0.15, -0.1) is 0 Å². The van der Waals surface area contributed by atoms with Crippen LogP contribution in [0.1, 0.15) is 25.3 Å². The number of para-hydroxylation sites is 1. The van der Waals surface area contributed by atoms with Gasteiger partial charge in [0.25, 0.3) is 0 Å². The summed E-state index contributed by atoms with van der Waals surface area (Å²) < 4.78 is 10.9. The fourth-order valence-electron chi connectivity index (χ4n) is 3.89. The summed E-state index contributed by atoms with van der Waals surface area (Å²) in [6.07, 6.45) is 4.52. The number of nitrogens with zero attached hydrogens (tertiary/aromatic N) is 3. The molecule has 0 saturated heterocycles. The number of hydrogen-bond donors (Lipinski definition) is 2. The number of methoxy groups -OCH3 is 2. The van der Waals surface area contributed by atoms with Crippen LogP contribution in [0.25, 0.3) is 22.4 Å². The van der Waals surface area contributed by atoms with Crippen LogP contribution in [-0.2, 0) is 6.42 Å². The van der Waals surface area contributed by atoms with Gasteiger partial charge in [-0.2, -0.15) is 0 Å². The number of carbonyl (C=O) groups is 1.